The molecule has 0 amide bonds. The second-order valence-electron chi connectivity index (χ2n) is 9.58. The van der Waals surface area contributed by atoms with E-state index in [2.05, 4.69) is 0 Å². The Morgan fingerprint density at radius 1 is 0.861 bits per heavy atom. The molecule has 5 heteroatoms. The van der Waals surface area contributed by atoms with Gasteiger partial charge in [-0.2, -0.15) is 0 Å². The van der Waals surface area contributed by atoms with Gasteiger partial charge in [0.05, 0.1) is 6.61 Å². The molecule has 0 saturated carbocycles. The number of allylic oxidation sites excluding steroid dienone is 3. The average molecular weight is 493 g/mol. The molecule has 2 aliphatic rings. The van der Waals surface area contributed by atoms with Crippen LogP contribution in [0.4, 0.5) is 17.6 Å². The summed E-state index contributed by atoms with van der Waals surface area (Å²) in [6.07, 6.45) is 8.74. The van der Waals surface area contributed by atoms with Crippen LogP contribution in [-0.4, -0.2) is 6.61 Å². The maximum atomic E-state index is 14.9. The first-order valence-electron chi connectivity index (χ1n) is 12.4. The number of hydrogen-bond acceptors (Lipinski definition) is 1. The van der Waals surface area contributed by atoms with Gasteiger partial charge < -0.3 is 4.74 Å². The predicted octanol–water partition coefficient (Wildman–Crippen LogP) is 8.83. The van der Waals surface area contributed by atoms with Gasteiger partial charge in [-0.25, -0.2) is 17.6 Å². The molecule has 0 aromatic heterocycles. The first-order chi connectivity index (χ1) is 17.5. The molecule has 5 rings (SSSR count). The second kappa shape index (κ2) is 10.4. The number of rotatable bonds is 7. The quantitative estimate of drug-likeness (QED) is 0.237. The van der Waals surface area contributed by atoms with E-state index in [9.17, 15) is 17.6 Å². The number of halogens is 4. The maximum Gasteiger partial charge on any atom is 0.166 e. The van der Waals surface area contributed by atoms with Gasteiger partial charge in [0, 0.05) is 16.7 Å². The fourth-order valence-corrected chi connectivity index (χ4v) is 5.02. The van der Waals surface area contributed by atoms with Crippen molar-refractivity contribution in [2.24, 2.45) is 5.92 Å². The number of epoxide rings is 1. The van der Waals surface area contributed by atoms with Crippen molar-refractivity contribution in [3.63, 3.8) is 0 Å². The summed E-state index contributed by atoms with van der Waals surface area (Å²) in [4.78, 5) is 0. The molecule has 3 aromatic rings. The Kier molecular flexibility index (Phi) is 7.10. The van der Waals surface area contributed by atoms with Gasteiger partial charge in [0.1, 0.15) is 6.10 Å². The van der Waals surface area contributed by atoms with Gasteiger partial charge in [-0.1, -0.05) is 66.8 Å². The lowest BCUT2D eigenvalue weighted by Gasteiger charge is -2.23. The number of benzene rings is 3. The first kappa shape index (κ1) is 24.5. The van der Waals surface area contributed by atoms with Crippen LogP contribution in [0.3, 0.4) is 0 Å². The van der Waals surface area contributed by atoms with Crippen LogP contribution in [0.2, 0.25) is 0 Å². The lowest BCUT2D eigenvalue weighted by atomic mass is 9.83. The summed E-state index contributed by atoms with van der Waals surface area (Å²) in [7, 11) is 0. The van der Waals surface area contributed by atoms with Gasteiger partial charge in [-0.15, -0.1) is 0 Å². The van der Waals surface area contributed by atoms with Crippen LogP contribution in [0.5, 0.6) is 0 Å². The smallest absolute Gasteiger partial charge is 0.166 e. The lowest BCUT2D eigenvalue weighted by molar-refractivity contribution is 0.401. The fourth-order valence-electron chi connectivity index (χ4n) is 5.02. The molecule has 186 valence electrons. The summed E-state index contributed by atoms with van der Waals surface area (Å²) in [5, 5.41) is 0. The molecule has 0 spiro atoms. The van der Waals surface area contributed by atoms with Crippen LogP contribution < -0.4 is 0 Å². The standard InChI is InChI=1S/C31H28F4O/c1-2-3-19-4-9-21(10-5-19)24-15-14-23(28(32)29(24)33)13-8-20-6-11-22(12-7-20)25-16-17-26(27-18-36-27)31(35)30(25)34/h2-5,9-11,14-17,20,27H,6-8,12-13,18H2,1H3/b3-2+. The lowest BCUT2D eigenvalue weighted by Crippen LogP contribution is -2.09. The summed E-state index contributed by atoms with van der Waals surface area (Å²) in [5.41, 5.74) is 3.63. The normalized spacial score (nSPS) is 19.5. The van der Waals surface area contributed by atoms with Crippen LogP contribution in [0.1, 0.15) is 61.0 Å². The molecule has 1 nitrogen and oxygen atoms in total. The number of ether oxygens (including phenoxy) is 1. The summed E-state index contributed by atoms with van der Waals surface area (Å²) >= 11 is 0. The summed E-state index contributed by atoms with van der Waals surface area (Å²) in [5.74, 6) is -2.99. The Bertz CT molecular complexity index is 1320. The monoisotopic (exact) mass is 492 g/mol. The van der Waals surface area contributed by atoms with Gasteiger partial charge >= 0.3 is 0 Å². The maximum absolute atomic E-state index is 14.9. The number of hydrogen-bond donors (Lipinski definition) is 0. The Morgan fingerprint density at radius 2 is 1.58 bits per heavy atom. The van der Waals surface area contributed by atoms with E-state index >= 15 is 0 Å². The molecule has 0 radical (unpaired) electrons. The van der Waals surface area contributed by atoms with Crippen molar-refractivity contribution in [1.82, 2.24) is 0 Å². The molecule has 0 N–H and O–H groups in total. The van der Waals surface area contributed by atoms with Crippen molar-refractivity contribution in [3.8, 4) is 11.1 Å². The first-order valence-corrected chi connectivity index (χ1v) is 12.4. The van der Waals surface area contributed by atoms with Crippen LogP contribution in [0, 0.1) is 29.2 Å². The molecule has 1 aliphatic heterocycles. The third-order valence-electron chi connectivity index (χ3n) is 7.22. The Balaban J connectivity index is 1.23. The molecule has 1 aliphatic carbocycles. The molecule has 1 heterocycles. The second-order valence-corrected chi connectivity index (χ2v) is 9.58. The number of aryl methyl sites for hydroxylation is 1. The van der Waals surface area contributed by atoms with Crippen molar-refractivity contribution in [1.29, 1.82) is 0 Å². The molecule has 1 saturated heterocycles. The van der Waals surface area contributed by atoms with Crippen molar-refractivity contribution < 1.29 is 22.3 Å². The highest BCUT2D eigenvalue weighted by atomic mass is 19.2. The van der Waals surface area contributed by atoms with E-state index in [0.717, 1.165) is 17.6 Å². The largest absolute Gasteiger partial charge is 0.368 e. The molecule has 3 aromatic carbocycles. The zero-order valence-electron chi connectivity index (χ0n) is 20.2. The summed E-state index contributed by atoms with van der Waals surface area (Å²) < 4.78 is 63.9. The van der Waals surface area contributed by atoms with Crippen LogP contribution in [-0.2, 0) is 11.2 Å². The van der Waals surface area contributed by atoms with Crippen molar-refractivity contribution in [2.75, 3.05) is 6.61 Å². The zero-order valence-corrected chi connectivity index (χ0v) is 20.2. The highest BCUT2D eigenvalue weighted by Crippen LogP contribution is 2.38. The van der Waals surface area contributed by atoms with Gasteiger partial charge in [0.15, 0.2) is 23.3 Å². The van der Waals surface area contributed by atoms with Crippen molar-refractivity contribution in [2.45, 2.75) is 45.1 Å². The average Bonchev–Trinajstić information content (AvgIpc) is 3.73. The molecular formula is C31H28F4O. The van der Waals surface area contributed by atoms with E-state index in [1.165, 1.54) is 0 Å². The molecular weight excluding hydrogens is 464 g/mol. The van der Waals surface area contributed by atoms with Gasteiger partial charge in [0.25, 0.3) is 0 Å². The molecule has 1 fully saturated rings. The van der Waals surface area contributed by atoms with E-state index in [4.69, 9.17) is 4.74 Å². The van der Waals surface area contributed by atoms with Gasteiger partial charge in [-0.05, 0) is 67.2 Å². The van der Waals surface area contributed by atoms with Gasteiger partial charge in [-0.3, -0.25) is 0 Å². The Hall–Kier alpha value is -3.18. The predicted molar refractivity (Wildman–Crippen MR) is 135 cm³/mol. The minimum atomic E-state index is -0.826. The highest BCUT2D eigenvalue weighted by molar-refractivity contribution is 5.68. The van der Waals surface area contributed by atoms with E-state index in [1.807, 2.05) is 37.3 Å². The SMILES string of the molecule is C/C=C/c1ccc(-c2ccc(CCC3CC=C(c4ccc(C5CO5)c(F)c4F)CC3)c(F)c2F)cc1. The molecule has 2 unspecified atom stereocenters. The fraction of sp³-hybridized carbons (Fsp3) is 0.290. The van der Waals surface area contributed by atoms with Crippen LogP contribution in [0.15, 0.2) is 60.7 Å². The van der Waals surface area contributed by atoms with Crippen LogP contribution in [0.25, 0.3) is 22.8 Å². The minimum Gasteiger partial charge on any atom is -0.368 e. The molecule has 0 bridgehead atoms. The Labute approximate surface area is 209 Å². The Morgan fingerprint density at radius 3 is 2.25 bits per heavy atom. The van der Waals surface area contributed by atoms with Crippen molar-refractivity contribution in [3.05, 3.63) is 106 Å². The van der Waals surface area contributed by atoms with E-state index in [-0.39, 0.29) is 23.1 Å². The van der Waals surface area contributed by atoms with E-state index < -0.39 is 23.3 Å². The third kappa shape index (κ3) is 5.03. The van der Waals surface area contributed by atoms with E-state index in [0.29, 0.717) is 49.0 Å². The third-order valence-corrected chi connectivity index (χ3v) is 7.22. The minimum absolute atomic E-state index is 0.252. The zero-order chi connectivity index (χ0) is 25.2. The molecule has 36 heavy (non-hydrogen) atoms. The highest BCUT2D eigenvalue weighted by Gasteiger charge is 2.30. The van der Waals surface area contributed by atoms with Crippen LogP contribution >= 0.6 is 0 Å². The molecule has 2 atom stereocenters. The summed E-state index contributed by atoms with van der Waals surface area (Å²) in [6, 6.07) is 13.9. The van der Waals surface area contributed by atoms with Crippen molar-refractivity contribution >= 4 is 11.6 Å². The summed E-state index contributed by atoms with van der Waals surface area (Å²) in [6.45, 7) is 2.35. The topological polar surface area (TPSA) is 12.5 Å². The van der Waals surface area contributed by atoms with Gasteiger partial charge in [0.2, 0.25) is 0 Å². The van der Waals surface area contributed by atoms with E-state index in [1.54, 1.807) is 36.4 Å².